The highest BCUT2D eigenvalue weighted by Gasteiger charge is 2.11. The number of nitrogens with zero attached hydrogens (tertiary/aromatic N) is 3. The van der Waals surface area contributed by atoms with E-state index in [4.69, 9.17) is 4.74 Å². The Morgan fingerprint density at radius 1 is 0.926 bits per heavy atom. The third-order valence-electron chi connectivity index (χ3n) is 3.92. The second kappa shape index (κ2) is 7.33. The molecule has 7 heteroatoms. The first-order valence-corrected chi connectivity index (χ1v) is 8.21. The van der Waals surface area contributed by atoms with Crippen LogP contribution in [0, 0.1) is 11.6 Å². The molecule has 0 saturated heterocycles. The molecule has 0 saturated carbocycles. The van der Waals surface area contributed by atoms with Gasteiger partial charge in [0, 0.05) is 24.4 Å². The van der Waals surface area contributed by atoms with Crippen LogP contribution in [-0.2, 0) is 6.54 Å². The summed E-state index contributed by atoms with van der Waals surface area (Å²) < 4.78 is 33.2. The smallest absolute Gasteiger partial charge is 0.224 e. The molecule has 0 aliphatic rings. The number of anilines is 1. The second-order valence-electron chi connectivity index (χ2n) is 5.74. The van der Waals surface area contributed by atoms with Crippen molar-refractivity contribution in [3.05, 3.63) is 84.3 Å². The number of benzene rings is 2. The molecule has 4 rings (SSSR count). The van der Waals surface area contributed by atoms with Crippen molar-refractivity contribution in [2.45, 2.75) is 6.54 Å². The van der Waals surface area contributed by atoms with Crippen molar-refractivity contribution in [1.82, 2.24) is 15.0 Å². The minimum Gasteiger partial charge on any atom is -0.439 e. The van der Waals surface area contributed by atoms with Crippen LogP contribution in [0.2, 0.25) is 0 Å². The van der Waals surface area contributed by atoms with Gasteiger partial charge in [0.05, 0.1) is 10.9 Å². The van der Waals surface area contributed by atoms with Gasteiger partial charge in [-0.25, -0.2) is 23.7 Å². The Bertz CT molecular complexity index is 1100. The van der Waals surface area contributed by atoms with Gasteiger partial charge >= 0.3 is 0 Å². The van der Waals surface area contributed by atoms with E-state index in [9.17, 15) is 8.78 Å². The van der Waals surface area contributed by atoms with Crippen LogP contribution in [-0.4, -0.2) is 15.0 Å². The lowest BCUT2D eigenvalue weighted by Gasteiger charge is -2.12. The maximum atomic E-state index is 14.2. The molecule has 0 aliphatic carbocycles. The number of nitrogens with one attached hydrogen (secondary N) is 1. The average Bonchev–Trinajstić information content (AvgIpc) is 2.67. The summed E-state index contributed by atoms with van der Waals surface area (Å²) in [6.45, 7) is 0.291. The molecule has 0 unspecified atom stereocenters. The maximum Gasteiger partial charge on any atom is 0.224 e. The van der Waals surface area contributed by atoms with Crippen molar-refractivity contribution < 1.29 is 13.5 Å². The van der Waals surface area contributed by atoms with Crippen molar-refractivity contribution in [2.24, 2.45) is 0 Å². The minimum absolute atomic E-state index is 0.291. The highest BCUT2D eigenvalue weighted by Crippen LogP contribution is 2.26. The van der Waals surface area contributed by atoms with Crippen LogP contribution in [0.5, 0.6) is 11.6 Å². The molecule has 0 amide bonds. The van der Waals surface area contributed by atoms with Crippen LogP contribution in [0.1, 0.15) is 5.56 Å². The van der Waals surface area contributed by atoms with E-state index < -0.39 is 11.6 Å². The molecule has 0 bridgehead atoms. The van der Waals surface area contributed by atoms with Crippen LogP contribution in [0.3, 0.4) is 0 Å². The molecule has 4 aromatic rings. The predicted octanol–water partition coefficient (Wildman–Crippen LogP) is 4.71. The van der Waals surface area contributed by atoms with Gasteiger partial charge in [0.15, 0.2) is 0 Å². The summed E-state index contributed by atoms with van der Waals surface area (Å²) in [7, 11) is 0. The highest BCUT2D eigenvalue weighted by atomic mass is 19.1. The molecule has 134 valence electrons. The quantitative estimate of drug-likeness (QED) is 0.556. The number of hydrogen-bond donors (Lipinski definition) is 1. The van der Waals surface area contributed by atoms with Crippen LogP contribution in [0.4, 0.5) is 14.6 Å². The highest BCUT2D eigenvalue weighted by molar-refractivity contribution is 5.89. The van der Waals surface area contributed by atoms with E-state index in [1.54, 1.807) is 36.5 Å². The van der Waals surface area contributed by atoms with Gasteiger partial charge in [-0.2, -0.15) is 0 Å². The van der Waals surface area contributed by atoms with E-state index in [0.29, 0.717) is 40.5 Å². The third-order valence-corrected chi connectivity index (χ3v) is 3.92. The lowest BCUT2D eigenvalue weighted by Crippen LogP contribution is -2.05. The molecule has 2 heterocycles. The summed E-state index contributed by atoms with van der Waals surface area (Å²) in [6, 6.07) is 14.1. The lowest BCUT2D eigenvalue weighted by molar-refractivity contribution is 0.452. The maximum absolute atomic E-state index is 14.2. The molecule has 27 heavy (non-hydrogen) atoms. The Kier molecular flexibility index (Phi) is 4.57. The number of rotatable bonds is 5. The summed E-state index contributed by atoms with van der Waals surface area (Å²) in [4.78, 5) is 12.4. The number of ether oxygens (including phenoxy) is 1. The molecule has 0 aliphatic heterocycles. The molecule has 2 aromatic heterocycles. The molecule has 0 spiro atoms. The zero-order valence-corrected chi connectivity index (χ0v) is 14.1. The molecule has 1 N–H and O–H groups in total. The molecular weight excluding hydrogens is 350 g/mol. The largest absolute Gasteiger partial charge is 0.439 e. The van der Waals surface area contributed by atoms with Gasteiger partial charge in [-0.1, -0.05) is 18.2 Å². The Morgan fingerprint density at radius 2 is 1.81 bits per heavy atom. The molecule has 2 aromatic carbocycles. The van der Waals surface area contributed by atoms with Crippen LogP contribution in [0.25, 0.3) is 10.9 Å². The first-order valence-electron chi connectivity index (χ1n) is 8.21. The zero-order valence-electron chi connectivity index (χ0n) is 14.1. The zero-order chi connectivity index (χ0) is 18.6. The molecule has 0 radical (unpaired) electrons. The standard InChI is InChI=1S/C20H14F2N4O/c21-14-5-1-6-15(10-14)27-20-13(4-3-9-23-20)11-24-19-18-16(22)7-2-8-17(18)25-12-26-19/h1-10,12H,11H2,(H,24,25,26). The monoisotopic (exact) mass is 364 g/mol. The summed E-state index contributed by atoms with van der Waals surface area (Å²) in [5.41, 5.74) is 1.22. The van der Waals surface area contributed by atoms with Crippen molar-refractivity contribution in [2.75, 3.05) is 5.32 Å². The van der Waals surface area contributed by atoms with Gasteiger partial charge in [-0.3, -0.25) is 0 Å². The van der Waals surface area contributed by atoms with E-state index in [-0.39, 0.29) is 0 Å². The molecular formula is C20H14F2N4O. The van der Waals surface area contributed by atoms with Crippen molar-refractivity contribution in [3.63, 3.8) is 0 Å². The van der Waals surface area contributed by atoms with Crippen molar-refractivity contribution >= 4 is 16.7 Å². The van der Waals surface area contributed by atoms with Gasteiger partial charge in [-0.15, -0.1) is 0 Å². The first-order chi connectivity index (χ1) is 13.2. The first kappa shape index (κ1) is 16.8. The van der Waals surface area contributed by atoms with E-state index in [1.165, 1.54) is 24.5 Å². The molecule has 5 nitrogen and oxygen atoms in total. The normalized spacial score (nSPS) is 10.7. The topological polar surface area (TPSA) is 59.9 Å². The summed E-state index contributed by atoms with van der Waals surface area (Å²) in [5.74, 6) is 0.241. The fourth-order valence-corrected chi connectivity index (χ4v) is 2.67. The predicted molar refractivity (Wildman–Crippen MR) is 97.5 cm³/mol. The molecule has 0 fully saturated rings. The third kappa shape index (κ3) is 3.67. The Hall–Kier alpha value is -3.61. The van der Waals surface area contributed by atoms with Crippen LogP contribution < -0.4 is 10.1 Å². The van der Waals surface area contributed by atoms with Crippen LogP contribution >= 0.6 is 0 Å². The fourth-order valence-electron chi connectivity index (χ4n) is 2.67. The van der Waals surface area contributed by atoms with Gasteiger partial charge < -0.3 is 10.1 Å². The number of pyridine rings is 1. The van der Waals surface area contributed by atoms with Crippen molar-refractivity contribution in [3.8, 4) is 11.6 Å². The van der Waals surface area contributed by atoms with Gasteiger partial charge in [0.25, 0.3) is 0 Å². The summed E-state index contributed by atoms with van der Waals surface area (Å²) in [5, 5.41) is 3.41. The van der Waals surface area contributed by atoms with Gasteiger partial charge in [0.1, 0.15) is 29.5 Å². The molecule has 0 atom stereocenters. The number of fused-ring (bicyclic) bond motifs is 1. The van der Waals surface area contributed by atoms with Gasteiger partial charge in [-0.05, 0) is 30.3 Å². The average molecular weight is 364 g/mol. The van der Waals surface area contributed by atoms with Gasteiger partial charge in [0.2, 0.25) is 5.88 Å². The van der Waals surface area contributed by atoms with E-state index in [1.807, 2.05) is 6.07 Å². The van der Waals surface area contributed by atoms with E-state index in [0.717, 1.165) is 0 Å². The Balaban J connectivity index is 1.59. The number of halogens is 2. The number of aromatic nitrogens is 3. The fraction of sp³-hybridized carbons (Fsp3) is 0.0500. The Labute approximate surface area is 153 Å². The van der Waals surface area contributed by atoms with Crippen molar-refractivity contribution in [1.29, 1.82) is 0 Å². The summed E-state index contributed by atoms with van der Waals surface area (Å²) in [6.07, 6.45) is 2.95. The number of hydrogen-bond acceptors (Lipinski definition) is 5. The Morgan fingerprint density at radius 3 is 2.70 bits per heavy atom. The minimum atomic E-state index is -0.405. The van der Waals surface area contributed by atoms with Crippen LogP contribution in [0.15, 0.2) is 67.1 Å². The van der Waals surface area contributed by atoms with E-state index >= 15 is 0 Å². The SMILES string of the molecule is Fc1cccc(Oc2ncccc2CNc2ncnc3cccc(F)c23)c1. The summed E-state index contributed by atoms with van der Waals surface area (Å²) >= 11 is 0. The second-order valence-corrected chi connectivity index (χ2v) is 5.74. The van der Waals surface area contributed by atoms with E-state index in [2.05, 4.69) is 20.3 Å². The lowest BCUT2D eigenvalue weighted by atomic mass is 10.2.